The molecule has 0 unspecified atom stereocenters. The molecule has 1 atom stereocenters. The van der Waals surface area contributed by atoms with Crippen molar-refractivity contribution < 1.29 is 4.79 Å². The Morgan fingerprint density at radius 2 is 2.43 bits per heavy atom. The third-order valence-corrected chi connectivity index (χ3v) is 2.66. The highest BCUT2D eigenvalue weighted by molar-refractivity contribution is 5.81. The lowest BCUT2D eigenvalue weighted by Gasteiger charge is -2.27. The number of carbonyl (C=O) groups excluding carboxylic acids is 1. The van der Waals surface area contributed by atoms with E-state index < -0.39 is 0 Å². The highest BCUT2D eigenvalue weighted by Crippen LogP contribution is 2.11. The minimum absolute atomic E-state index is 0.107. The number of amides is 1. The van der Waals surface area contributed by atoms with Gasteiger partial charge in [0.15, 0.2) is 0 Å². The number of hydrogen-bond acceptors (Lipinski definition) is 2. The Morgan fingerprint density at radius 1 is 1.71 bits per heavy atom. The highest BCUT2D eigenvalue weighted by Gasteiger charge is 2.20. The Morgan fingerprint density at radius 3 is 2.93 bits per heavy atom. The van der Waals surface area contributed by atoms with Gasteiger partial charge in [-0.3, -0.25) is 4.79 Å². The monoisotopic (exact) mass is 196 g/mol. The van der Waals surface area contributed by atoms with Crippen molar-refractivity contribution in [1.29, 1.82) is 0 Å². The van der Waals surface area contributed by atoms with Crippen LogP contribution in [0.4, 0.5) is 0 Å². The molecule has 3 heteroatoms. The van der Waals surface area contributed by atoms with E-state index in [0.717, 1.165) is 32.4 Å². The Labute approximate surface area is 86.0 Å². The van der Waals surface area contributed by atoms with Crippen LogP contribution >= 0.6 is 0 Å². The molecule has 1 aliphatic rings. The van der Waals surface area contributed by atoms with Crippen LogP contribution < -0.4 is 5.73 Å². The van der Waals surface area contributed by atoms with Crippen molar-refractivity contribution in [3.8, 4) is 0 Å². The lowest BCUT2D eigenvalue weighted by Crippen LogP contribution is -2.45. The van der Waals surface area contributed by atoms with Gasteiger partial charge in [0.25, 0.3) is 0 Å². The van der Waals surface area contributed by atoms with Crippen LogP contribution in [-0.2, 0) is 4.79 Å². The molecule has 0 aromatic carbocycles. The Balaban J connectivity index is 2.46. The maximum atomic E-state index is 11.8. The smallest absolute Gasteiger partial charge is 0.239 e. The van der Waals surface area contributed by atoms with Crippen molar-refractivity contribution in [2.45, 2.75) is 39.2 Å². The molecule has 0 spiro atoms. The Kier molecular flexibility index (Phi) is 4.14. The topological polar surface area (TPSA) is 46.3 Å². The van der Waals surface area contributed by atoms with Gasteiger partial charge in [-0.1, -0.05) is 25.0 Å². The normalized spacial score (nSPS) is 19.1. The summed E-state index contributed by atoms with van der Waals surface area (Å²) >= 11 is 0. The summed E-state index contributed by atoms with van der Waals surface area (Å²) in [5.41, 5.74) is 7.15. The zero-order valence-corrected chi connectivity index (χ0v) is 9.12. The molecule has 14 heavy (non-hydrogen) atoms. The molecule has 0 aliphatic carbocycles. The number of nitrogens with zero attached hydrogens (tertiary/aromatic N) is 1. The number of carbonyl (C=O) groups is 1. The van der Waals surface area contributed by atoms with E-state index >= 15 is 0 Å². The van der Waals surface area contributed by atoms with Crippen molar-refractivity contribution >= 4 is 5.91 Å². The van der Waals surface area contributed by atoms with Gasteiger partial charge >= 0.3 is 0 Å². The largest absolute Gasteiger partial charge is 0.337 e. The van der Waals surface area contributed by atoms with Crippen molar-refractivity contribution in [2.24, 2.45) is 5.73 Å². The van der Waals surface area contributed by atoms with Gasteiger partial charge in [-0.2, -0.15) is 0 Å². The van der Waals surface area contributed by atoms with Gasteiger partial charge in [-0.25, -0.2) is 0 Å². The van der Waals surface area contributed by atoms with E-state index in [9.17, 15) is 4.79 Å². The SMILES string of the molecule is CCC[C@H](N)C(=O)N1CC=C(C)CC1. The predicted octanol–water partition coefficient (Wildman–Crippen LogP) is 1.29. The van der Waals surface area contributed by atoms with Crippen LogP contribution in [0.25, 0.3) is 0 Å². The van der Waals surface area contributed by atoms with Crippen LogP contribution in [-0.4, -0.2) is 29.9 Å². The van der Waals surface area contributed by atoms with Crippen molar-refractivity contribution in [3.05, 3.63) is 11.6 Å². The van der Waals surface area contributed by atoms with E-state index in [0.29, 0.717) is 0 Å². The van der Waals surface area contributed by atoms with Crippen molar-refractivity contribution in [3.63, 3.8) is 0 Å². The van der Waals surface area contributed by atoms with Crippen molar-refractivity contribution in [2.75, 3.05) is 13.1 Å². The molecule has 3 nitrogen and oxygen atoms in total. The molecule has 1 aliphatic heterocycles. The summed E-state index contributed by atoms with van der Waals surface area (Å²) < 4.78 is 0. The minimum Gasteiger partial charge on any atom is -0.337 e. The van der Waals surface area contributed by atoms with E-state index in [-0.39, 0.29) is 11.9 Å². The first-order valence-electron chi connectivity index (χ1n) is 5.35. The minimum atomic E-state index is -0.299. The quantitative estimate of drug-likeness (QED) is 0.691. The molecule has 0 radical (unpaired) electrons. The Hall–Kier alpha value is -0.830. The molecule has 0 aromatic rings. The fraction of sp³-hybridized carbons (Fsp3) is 0.727. The van der Waals surface area contributed by atoms with Gasteiger partial charge in [0.1, 0.15) is 0 Å². The van der Waals surface area contributed by atoms with Crippen LogP contribution in [0.1, 0.15) is 33.1 Å². The standard InChI is InChI=1S/C11H20N2O/c1-3-4-10(12)11(14)13-7-5-9(2)6-8-13/h5,10H,3-4,6-8,12H2,1-2H3/t10-/m0/s1. The zero-order chi connectivity index (χ0) is 10.6. The third-order valence-electron chi connectivity index (χ3n) is 2.66. The van der Waals surface area contributed by atoms with Crippen molar-refractivity contribution in [1.82, 2.24) is 4.90 Å². The van der Waals surface area contributed by atoms with E-state index in [1.165, 1.54) is 5.57 Å². The molecule has 0 saturated heterocycles. The second kappa shape index (κ2) is 5.15. The summed E-state index contributed by atoms with van der Waals surface area (Å²) in [4.78, 5) is 13.6. The summed E-state index contributed by atoms with van der Waals surface area (Å²) in [7, 11) is 0. The fourth-order valence-corrected chi connectivity index (χ4v) is 1.64. The average molecular weight is 196 g/mol. The molecule has 0 saturated carbocycles. The highest BCUT2D eigenvalue weighted by atomic mass is 16.2. The molecule has 1 heterocycles. The molecule has 0 aromatic heterocycles. The maximum absolute atomic E-state index is 11.8. The van der Waals surface area contributed by atoms with E-state index in [2.05, 4.69) is 13.0 Å². The van der Waals surface area contributed by atoms with Crippen LogP contribution in [0.15, 0.2) is 11.6 Å². The third kappa shape index (κ3) is 2.84. The fourth-order valence-electron chi connectivity index (χ4n) is 1.64. The van der Waals surface area contributed by atoms with Crippen LogP contribution in [0.5, 0.6) is 0 Å². The lowest BCUT2D eigenvalue weighted by atomic mass is 10.1. The molecule has 80 valence electrons. The van der Waals surface area contributed by atoms with Crippen LogP contribution in [0.2, 0.25) is 0 Å². The lowest BCUT2D eigenvalue weighted by molar-refractivity contribution is -0.132. The first-order chi connectivity index (χ1) is 6.65. The second-order valence-electron chi connectivity index (χ2n) is 3.98. The summed E-state index contributed by atoms with van der Waals surface area (Å²) in [6, 6.07) is -0.299. The van der Waals surface area contributed by atoms with Gasteiger partial charge in [-0.05, 0) is 19.8 Å². The summed E-state index contributed by atoms with van der Waals surface area (Å²) in [6.45, 7) is 5.72. The summed E-state index contributed by atoms with van der Waals surface area (Å²) in [6.07, 6.45) is 4.86. The van der Waals surface area contributed by atoms with Gasteiger partial charge < -0.3 is 10.6 Å². The molecular formula is C11H20N2O. The Bertz CT molecular complexity index is 235. The molecule has 0 bridgehead atoms. The molecular weight excluding hydrogens is 176 g/mol. The maximum Gasteiger partial charge on any atom is 0.239 e. The predicted molar refractivity (Wildman–Crippen MR) is 57.8 cm³/mol. The first kappa shape index (κ1) is 11.2. The van der Waals surface area contributed by atoms with E-state index in [4.69, 9.17) is 5.73 Å². The van der Waals surface area contributed by atoms with Crippen LogP contribution in [0, 0.1) is 0 Å². The molecule has 1 amide bonds. The molecule has 1 rings (SSSR count). The van der Waals surface area contributed by atoms with E-state index in [1.807, 2.05) is 11.8 Å². The number of rotatable bonds is 3. The number of hydrogen-bond donors (Lipinski definition) is 1. The average Bonchev–Trinajstić information content (AvgIpc) is 2.18. The van der Waals surface area contributed by atoms with Crippen LogP contribution in [0.3, 0.4) is 0 Å². The molecule has 0 fully saturated rings. The zero-order valence-electron chi connectivity index (χ0n) is 9.12. The van der Waals surface area contributed by atoms with Gasteiger partial charge in [0.2, 0.25) is 5.91 Å². The summed E-state index contributed by atoms with van der Waals surface area (Å²) in [5, 5.41) is 0. The van der Waals surface area contributed by atoms with E-state index in [1.54, 1.807) is 0 Å². The van der Waals surface area contributed by atoms with Gasteiger partial charge in [-0.15, -0.1) is 0 Å². The first-order valence-corrected chi connectivity index (χ1v) is 5.35. The number of nitrogens with two attached hydrogens (primary N) is 1. The van der Waals surface area contributed by atoms with Gasteiger partial charge in [0.05, 0.1) is 6.04 Å². The summed E-state index contributed by atoms with van der Waals surface area (Å²) in [5.74, 6) is 0.107. The molecule has 2 N–H and O–H groups in total. The van der Waals surface area contributed by atoms with Gasteiger partial charge in [0, 0.05) is 13.1 Å². The second-order valence-corrected chi connectivity index (χ2v) is 3.98.